The van der Waals surface area contributed by atoms with E-state index in [2.05, 4.69) is 26.0 Å². The number of aryl methyl sites for hydroxylation is 1. The van der Waals surface area contributed by atoms with E-state index in [0.717, 1.165) is 27.8 Å². The number of hydrogen-bond donors (Lipinski definition) is 0. The number of nitrogens with zero attached hydrogens (tertiary/aromatic N) is 4. The van der Waals surface area contributed by atoms with E-state index in [1.165, 1.54) is 12.1 Å². The lowest BCUT2D eigenvalue weighted by atomic mass is 10.1. The van der Waals surface area contributed by atoms with E-state index in [1.54, 1.807) is 16.8 Å². The first-order valence-electron chi connectivity index (χ1n) is 6.90. The van der Waals surface area contributed by atoms with Crippen LogP contribution in [0.5, 0.6) is 0 Å². The zero-order valence-corrected chi connectivity index (χ0v) is 13.9. The molecule has 0 radical (unpaired) electrons. The Bertz CT molecular complexity index is 859. The number of rotatable bonds is 4. The lowest BCUT2D eigenvalue weighted by molar-refractivity contribution is -0.384. The molecule has 3 rings (SSSR count). The van der Waals surface area contributed by atoms with Gasteiger partial charge in [0.1, 0.15) is 0 Å². The predicted molar refractivity (Wildman–Crippen MR) is 91.2 cm³/mol. The molecule has 0 aliphatic heterocycles. The van der Waals surface area contributed by atoms with Gasteiger partial charge in [-0.25, -0.2) is 9.67 Å². The number of halogens is 1. The van der Waals surface area contributed by atoms with Crippen LogP contribution in [0.2, 0.25) is 0 Å². The van der Waals surface area contributed by atoms with Gasteiger partial charge in [-0.05, 0) is 17.7 Å². The summed E-state index contributed by atoms with van der Waals surface area (Å²) in [4.78, 5) is 14.9. The standard InChI is InChI=1S/C16H13BrN4O2/c1-20-16(14-5-3-2-4-12(14)10-17)18-15(19-20)11-6-8-13(9-7-11)21(22)23/h2-9H,10H2,1H3. The summed E-state index contributed by atoms with van der Waals surface area (Å²) < 4.78 is 1.72. The molecule has 2 aromatic carbocycles. The van der Waals surface area contributed by atoms with Gasteiger partial charge >= 0.3 is 0 Å². The van der Waals surface area contributed by atoms with Crippen LogP contribution in [0, 0.1) is 10.1 Å². The predicted octanol–water partition coefficient (Wildman–Crippen LogP) is 3.95. The highest BCUT2D eigenvalue weighted by molar-refractivity contribution is 9.08. The molecule has 3 aromatic rings. The number of alkyl halides is 1. The van der Waals surface area contributed by atoms with Crippen LogP contribution in [0.1, 0.15) is 5.56 Å². The van der Waals surface area contributed by atoms with Crippen LogP contribution in [-0.2, 0) is 12.4 Å². The Hall–Kier alpha value is -2.54. The summed E-state index contributed by atoms with van der Waals surface area (Å²) in [5, 5.41) is 15.9. The third-order valence-electron chi connectivity index (χ3n) is 3.50. The molecule has 0 N–H and O–H groups in total. The molecular weight excluding hydrogens is 360 g/mol. The molecule has 0 saturated carbocycles. The molecule has 0 spiro atoms. The zero-order valence-electron chi connectivity index (χ0n) is 12.3. The molecule has 0 bridgehead atoms. The zero-order chi connectivity index (χ0) is 16.4. The van der Waals surface area contributed by atoms with Crippen molar-refractivity contribution in [1.29, 1.82) is 0 Å². The summed E-state index contributed by atoms with van der Waals surface area (Å²) in [6.45, 7) is 0. The maximum Gasteiger partial charge on any atom is 0.269 e. The molecule has 0 fully saturated rings. The van der Waals surface area contributed by atoms with E-state index >= 15 is 0 Å². The number of benzene rings is 2. The highest BCUT2D eigenvalue weighted by Crippen LogP contribution is 2.26. The number of nitro benzene ring substituents is 1. The summed E-state index contributed by atoms with van der Waals surface area (Å²) >= 11 is 3.48. The number of non-ortho nitro benzene ring substituents is 1. The van der Waals surface area contributed by atoms with E-state index in [9.17, 15) is 10.1 Å². The maximum atomic E-state index is 10.7. The summed E-state index contributed by atoms with van der Waals surface area (Å²) in [6.07, 6.45) is 0. The Morgan fingerprint density at radius 3 is 2.52 bits per heavy atom. The monoisotopic (exact) mass is 372 g/mol. The topological polar surface area (TPSA) is 73.8 Å². The van der Waals surface area contributed by atoms with E-state index in [0.29, 0.717) is 5.82 Å². The van der Waals surface area contributed by atoms with Gasteiger partial charge < -0.3 is 0 Å². The van der Waals surface area contributed by atoms with Gasteiger partial charge in [-0.15, -0.1) is 0 Å². The van der Waals surface area contributed by atoms with Crippen molar-refractivity contribution < 1.29 is 4.92 Å². The molecule has 0 saturated heterocycles. The average molecular weight is 373 g/mol. The lowest BCUT2D eigenvalue weighted by Crippen LogP contribution is -1.96. The lowest BCUT2D eigenvalue weighted by Gasteiger charge is -2.05. The maximum absolute atomic E-state index is 10.7. The van der Waals surface area contributed by atoms with Gasteiger partial charge in [-0.1, -0.05) is 40.2 Å². The summed E-state index contributed by atoms with van der Waals surface area (Å²) in [7, 11) is 1.84. The highest BCUT2D eigenvalue weighted by Gasteiger charge is 2.14. The van der Waals surface area contributed by atoms with Crippen molar-refractivity contribution in [2.45, 2.75) is 5.33 Å². The first kappa shape index (κ1) is 15.4. The molecule has 6 nitrogen and oxygen atoms in total. The van der Waals surface area contributed by atoms with Crippen molar-refractivity contribution in [3.63, 3.8) is 0 Å². The molecule has 7 heteroatoms. The summed E-state index contributed by atoms with van der Waals surface area (Å²) in [5.41, 5.74) is 2.93. The molecule has 0 amide bonds. The quantitative estimate of drug-likeness (QED) is 0.394. The Morgan fingerprint density at radius 2 is 1.87 bits per heavy atom. The van der Waals surface area contributed by atoms with E-state index < -0.39 is 4.92 Å². The van der Waals surface area contributed by atoms with Crippen LogP contribution in [0.4, 0.5) is 5.69 Å². The van der Waals surface area contributed by atoms with Gasteiger partial charge in [0.2, 0.25) is 0 Å². The molecule has 116 valence electrons. The number of nitro groups is 1. The SMILES string of the molecule is Cn1nc(-c2ccc([N+](=O)[O-])cc2)nc1-c1ccccc1CBr. The van der Waals surface area contributed by atoms with Gasteiger partial charge in [0.15, 0.2) is 11.6 Å². The van der Waals surface area contributed by atoms with Crippen molar-refractivity contribution in [3.8, 4) is 22.8 Å². The van der Waals surface area contributed by atoms with Crippen LogP contribution in [0.25, 0.3) is 22.8 Å². The summed E-state index contributed by atoms with van der Waals surface area (Å²) in [5.74, 6) is 1.30. The number of hydrogen-bond acceptors (Lipinski definition) is 4. The van der Waals surface area contributed by atoms with Crippen molar-refractivity contribution in [2.75, 3.05) is 0 Å². The van der Waals surface area contributed by atoms with Gasteiger partial charge in [0.05, 0.1) is 4.92 Å². The van der Waals surface area contributed by atoms with Crippen LogP contribution >= 0.6 is 15.9 Å². The van der Waals surface area contributed by atoms with Crippen LogP contribution in [-0.4, -0.2) is 19.7 Å². The second-order valence-corrected chi connectivity index (χ2v) is 5.54. The Balaban J connectivity index is 2.02. The molecule has 1 aromatic heterocycles. The molecule has 0 aliphatic carbocycles. The fraction of sp³-hybridized carbons (Fsp3) is 0.125. The minimum absolute atomic E-state index is 0.0505. The normalized spacial score (nSPS) is 10.7. The molecule has 0 atom stereocenters. The second kappa shape index (κ2) is 6.29. The second-order valence-electron chi connectivity index (χ2n) is 4.98. The molecule has 23 heavy (non-hydrogen) atoms. The third kappa shape index (κ3) is 3.00. The van der Waals surface area contributed by atoms with Gasteiger partial charge in [-0.3, -0.25) is 10.1 Å². The average Bonchev–Trinajstić information content (AvgIpc) is 2.96. The van der Waals surface area contributed by atoms with Crippen LogP contribution in [0.15, 0.2) is 48.5 Å². The highest BCUT2D eigenvalue weighted by atomic mass is 79.9. The molecule has 1 heterocycles. The minimum Gasteiger partial charge on any atom is -0.258 e. The van der Waals surface area contributed by atoms with Crippen LogP contribution in [0.3, 0.4) is 0 Å². The van der Waals surface area contributed by atoms with Crippen molar-refractivity contribution in [3.05, 3.63) is 64.2 Å². The van der Waals surface area contributed by atoms with E-state index in [1.807, 2.05) is 31.3 Å². The van der Waals surface area contributed by atoms with Gasteiger partial charge in [0, 0.05) is 35.6 Å². The van der Waals surface area contributed by atoms with Crippen LogP contribution < -0.4 is 0 Å². The fourth-order valence-corrected chi connectivity index (χ4v) is 2.82. The van der Waals surface area contributed by atoms with Crippen molar-refractivity contribution in [1.82, 2.24) is 14.8 Å². The van der Waals surface area contributed by atoms with Crippen molar-refractivity contribution >= 4 is 21.6 Å². The Kier molecular flexibility index (Phi) is 4.20. The van der Waals surface area contributed by atoms with Gasteiger partial charge in [-0.2, -0.15) is 5.10 Å². The molecular formula is C16H13BrN4O2. The third-order valence-corrected chi connectivity index (χ3v) is 4.11. The Morgan fingerprint density at radius 1 is 1.17 bits per heavy atom. The Labute approximate surface area is 141 Å². The fourth-order valence-electron chi connectivity index (χ4n) is 2.33. The first-order valence-corrected chi connectivity index (χ1v) is 8.02. The van der Waals surface area contributed by atoms with Gasteiger partial charge in [0.25, 0.3) is 5.69 Å². The molecule has 0 unspecified atom stereocenters. The first-order chi connectivity index (χ1) is 11.1. The van der Waals surface area contributed by atoms with E-state index in [-0.39, 0.29) is 5.69 Å². The van der Waals surface area contributed by atoms with E-state index in [4.69, 9.17) is 0 Å². The number of aromatic nitrogens is 3. The largest absolute Gasteiger partial charge is 0.269 e. The molecule has 0 aliphatic rings. The van der Waals surface area contributed by atoms with Crippen molar-refractivity contribution in [2.24, 2.45) is 7.05 Å². The summed E-state index contributed by atoms with van der Waals surface area (Å²) in [6, 6.07) is 14.2. The minimum atomic E-state index is -0.423. The smallest absolute Gasteiger partial charge is 0.258 e.